The Morgan fingerprint density at radius 1 is 1.33 bits per heavy atom. The molecule has 3 atom stereocenters. The lowest BCUT2D eigenvalue weighted by Crippen LogP contribution is -2.28. The van der Waals surface area contributed by atoms with Crippen molar-refractivity contribution in [2.24, 2.45) is 11.8 Å². The van der Waals surface area contributed by atoms with Gasteiger partial charge in [-0.15, -0.1) is 11.3 Å². The second kappa shape index (κ2) is 6.45. The van der Waals surface area contributed by atoms with E-state index in [0.717, 1.165) is 10.6 Å². The minimum Gasteiger partial charge on any atom is -0.312 e. The van der Waals surface area contributed by atoms with Gasteiger partial charge in [-0.05, 0) is 55.3 Å². The Balaban J connectivity index is 1.87. The molecule has 1 aliphatic carbocycles. The van der Waals surface area contributed by atoms with Crippen LogP contribution < -0.4 is 5.32 Å². The molecule has 1 aromatic carbocycles. The van der Waals surface area contributed by atoms with Gasteiger partial charge in [0.05, 0.1) is 0 Å². The summed E-state index contributed by atoms with van der Waals surface area (Å²) in [6, 6.07) is 7.77. The number of benzene rings is 1. The first-order chi connectivity index (χ1) is 10.2. The van der Waals surface area contributed by atoms with Crippen LogP contribution in [0.3, 0.4) is 0 Å². The predicted molar refractivity (Wildman–Crippen MR) is 89.3 cm³/mol. The summed E-state index contributed by atoms with van der Waals surface area (Å²) in [6.45, 7) is 2.31. The second-order valence-corrected chi connectivity index (χ2v) is 7.41. The molecule has 3 unspecified atom stereocenters. The molecule has 1 saturated carbocycles. The van der Waals surface area contributed by atoms with E-state index in [9.17, 15) is 4.39 Å². The van der Waals surface area contributed by atoms with Gasteiger partial charge in [0.25, 0.3) is 0 Å². The van der Waals surface area contributed by atoms with E-state index in [1.807, 2.05) is 6.07 Å². The number of thiophene rings is 1. The number of nitrogens with one attached hydrogen (secondary N) is 1. The largest absolute Gasteiger partial charge is 0.312 e. The number of halogens is 1. The van der Waals surface area contributed by atoms with Crippen molar-refractivity contribution in [1.82, 2.24) is 5.32 Å². The summed E-state index contributed by atoms with van der Waals surface area (Å²) in [4.78, 5) is 1.36. The summed E-state index contributed by atoms with van der Waals surface area (Å²) >= 11 is 1.74. The van der Waals surface area contributed by atoms with E-state index >= 15 is 0 Å². The lowest BCUT2D eigenvalue weighted by atomic mass is 9.76. The molecule has 114 valence electrons. The Hall–Kier alpha value is -0.930. The van der Waals surface area contributed by atoms with Crippen LogP contribution in [0.5, 0.6) is 0 Å². The van der Waals surface area contributed by atoms with Gasteiger partial charge in [-0.1, -0.05) is 32.3 Å². The first-order valence-corrected chi connectivity index (χ1v) is 8.89. The Labute approximate surface area is 130 Å². The summed E-state index contributed by atoms with van der Waals surface area (Å²) in [5.74, 6) is 1.46. The third-order valence-corrected chi connectivity index (χ3v) is 6.17. The highest BCUT2D eigenvalue weighted by molar-refractivity contribution is 7.19. The monoisotopic (exact) mass is 305 g/mol. The molecule has 0 bridgehead atoms. The van der Waals surface area contributed by atoms with Crippen molar-refractivity contribution in [2.75, 3.05) is 7.05 Å². The normalized spacial score (nSPS) is 24.3. The van der Waals surface area contributed by atoms with Crippen LogP contribution in [0.25, 0.3) is 10.1 Å². The van der Waals surface area contributed by atoms with Crippen molar-refractivity contribution >= 4 is 21.4 Å². The molecule has 1 aliphatic rings. The zero-order valence-electron chi connectivity index (χ0n) is 12.9. The summed E-state index contributed by atoms with van der Waals surface area (Å²) in [5, 5.41) is 4.69. The maximum atomic E-state index is 13.4. The molecule has 1 aromatic heterocycles. The minimum absolute atomic E-state index is 0.138. The summed E-state index contributed by atoms with van der Waals surface area (Å²) < 4.78 is 14.4. The average molecular weight is 305 g/mol. The summed E-state index contributed by atoms with van der Waals surface area (Å²) in [6.07, 6.45) is 6.67. The van der Waals surface area contributed by atoms with Gasteiger partial charge in [0.15, 0.2) is 0 Å². The zero-order chi connectivity index (χ0) is 14.8. The van der Waals surface area contributed by atoms with Gasteiger partial charge in [-0.2, -0.15) is 0 Å². The van der Waals surface area contributed by atoms with E-state index in [1.165, 1.54) is 42.4 Å². The van der Waals surface area contributed by atoms with Crippen molar-refractivity contribution < 1.29 is 4.39 Å². The summed E-state index contributed by atoms with van der Waals surface area (Å²) in [5.41, 5.74) is 0. The molecular weight excluding hydrogens is 281 g/mol. The second-order valence-electron chi connectivity index (χ2n) is 6.30. The maximum Gasteiger partial charge on any atom is 0.124 e. The molecule has 0 amide bonds. The minimum atomic E-state index is -0.138. The van der Waals surface area contributed by atoms with Crippen LogP contribution in [-0.4, -0.2) is 7.05 Å². The van der Waals surface area contributed by atoms with Crippen LogP contribution in [0, 0.1) is 17.7 Å². The van der Waals surface area contributed by atoms with Gasteiger partial charge in [0.2, 0.25) is 0 Å². The Bertz CT molecular complexity index is 606. The molecular formula is C18H24FNS. The van der Waals surface area contributed by atoms with Gasteiger partial charge in [-0.25, -0.2) is 4.39 Å². The van der Waals surface area contributed by atoms with Crippen molar-refractivity contribution in [2.45, 2.75) is 45.1 Å². The van der Waals surface area contributed by atoms with Gasteiger partial charge >= 0.3 is 0 Å². The first kappa shape index (κ1) is 15.0. The van der Waals surface area contributed by atoms with Crippen molar-refractivity contribution in [1.29, 1.82) is 0 Å². The van der Waals surface area contributed by atoms with Gasteiger partial charge < -0.3 is 5.32 Å². The lowest BCUT2D eigenvalue weighted by Gasteiger charge is -2.33. The van der Waals surface area contributed by atoms with E-state index in [4.69, 9.17) is 0 Å². The first-order valence-electron chi connectivity index (χ1n) is 8.07. The van der Waals surface area contributed by atoms with E-state index in [-0.39, 0.29) is 5.82 Å². The third kappa shape index (κ3) is 3.14. The average Bonchev–Trinajstić information content (AvgIpc) is 2.91. The van der Waals surface area contributed by atoms with E-state index in [0.29, 0.717) is 12.0 Å². The fraction of sp³-hybridized carbons (Fsp3) is 0.556. The van der Waals surface area contributed by atoms with Crippen LogP contribution in [-0.2, 0) is 0 Å². The fourth-order valence-electron chi connectivity index (χ4n) is 3.80. The Morgan fingerprint density at radius 3 is 2.95 bits per heavy atom. The molecule has 1 nitrogen and oxygen atoms in total. The molecule has 0 radical (unpaired) electrons. The number of hydrogen-bond donors (Lipinski definition) is 1. The fourth-order valence-corrected chi connectivity index (χ4v) is 5.09. The van der Waals surface area contributed by atoms with Crippen LogP contribution in [0.2, 0.25) is 0 Å². The van der Waals surface area contributed by atoms with E-state index in [2.05, 4.69) is 25.4 Å². The molecule has 0 saturated heterocycles. The maximum absolute atomic E-state index is 13.4. The van der Waals surface area contributed by atoms with Crippen LogP contribution in [0.4, 0.5) is 4.39 Å². The Kier molecular flexibility index (Phi) is 4.60. The Morgan fingerprint density at radius 2 is 2.19 bits per heavy atom. The molecule has 0 aliphatic heterocycles. The topological polar surface area (TPSA) is 12.0 Å². The van der Waals surface area contributed by atoms with E-state index < -0.39 is 0 Å². The lowest BCUT2D eigenvalue weighted by molar-refractivity contribution is 0.216. The summed E-state index contributed by atoms with van der Waals surface area (Å²) in [7, 11) is 2.06. The van der Waals surface area contributed by atoms with Crippen LogP contribution in [0.1, 0.15) is 49.9 Å². The van der Waals surface area contributed by atoms with Crippen molar-refractivity contribution in [3.63, 3.8) is 0 Å². The zero-order valence-corrected chi connectivity index (χ0v) is 13.7. The molecule has 1 heterocycles. The number of rotatable bonds is 4. The van der Waals surface area contributed by atoms with Gasteiger partial charge in [0.1, 0.15) is 5.82 Å². The standard InChI is InChI=1S/C18H24FNS/c1-3-12-5-4-6-14(9-12)18(20-2)17-10-13-7-8-15(19)11-16(13)21-17/h7-8,10-12,14,18,20H,3-6,9H2,1-2H3. The van der Waals surface area contributed by atoms with Crippen LogP contribution in [0.15, 0.2) is 24.3 Å². The molecule has 1 fully saturated rings. The number of fused-ring (bicyclic) bond motifs is 1. The molecule has 1 N–H and O–H groups in total. The van der Waals surface area contributed by atoms with Crippen LogP contribution >= 0.6 is 11.3 Å². The van der Waals surface area contributed by atoms with Gasteiger partial charge in [0, 0.05) is 15.6 Å². The highest BCUT2D eigenvalue weighted by atomic mass is 32.1. The van der Waals surface area contributed by atoms with Crippen molar-refractivity contribution in [3.05, 3.63) is 35.0 Å². The molecule has 3 heteroatoms. The van der Waals surface area contributed by atoms with E-state index in [1.54, 1.807) is 23.5 Å². The number of hydrogen-bond acceptors (Lipinski definition) is 2. The smallest absolute Gasteiger partial charge is 0.124 e. The molecule has 0 spiro atoms. The van der Waals surface area contributed by atoms with Gasteiger partial charge in [-0.3, -0.25) is 0 Å². The SMILES string of the molecule is CCC1CCCC(C(NC)c2cc3ccc(F)cc3s2)C1. The highest BCUT2D eigenvalue weighted by Gasteiger charge is 2.28. The highest BCUT2D eigenvalue weighted by Crippen LogP contribution is 2.41. The quantitative estimate of drug-likeness (QED) is 0.784. The van der Waals surface area contributed by atoms with Crippen molar-refractivity contribution in [3.8, 4) is 0 Å². The predicted octanol–water partition coefficient (Wildman–Crippen LogP) is 5.52. The third-order valence-electron chi connectivity index (χ3n) is 4.99. The molecule has 3 rings (SSSR count). The molecule has 21 heavy (non-hydrogen) atoms. The molecule has 2 aromatic rings.